The molecule has 2 heterocycles. The first-order valence-corrected chi connectivity index (χ1v) is 6.65. The minimum absolute atomic E-state index is 0.0869. The molecule has 6 nitrogen and oxygen atoms in total. The summed E-state index contributed by atoms with van der Waals surface area (Å²) in [6, 6.07) is 0. The Hall–Kier alpha value is -1.69. The number of amides is 1. The largest absolute Gasteiger partial charge is 0.384 e. The molecule has 19 heavy (non-hydrogen) atoms. The van der Waals surface area contributed by atoms with Crippen molar-refractivity contribution in [1.82, 2.24) is 9.97 Å². The van der Waals surface area contributed by atoms with Crippen LogP contribution in [-0.2, 0) is 9.53 Å². The third-order valence-electron chi connectivity index (χ3n) is 3.09. The molecule has 0 bridgehead atoms. The Kier molecular flexibility index (Phi) is 5.09. The highest BCUT2D eigenvalue weighted by atomic mass is 16.5. The Balaban J connectivity index is 1.88. The van der Waals surface area contributed by atoms with E-state index in [2.05, 4.69) is 20.2 Å². The lowest BCUT2D eigenvalue weighted by atomic mass is 10.1. The summed E-state index contributed by atoms with van der Waals surface area (Å²) in [5.74, 6) is 0.658. The van der Waals surface area contributed by atoms with Crippen LogP contribution in [0.2, 0.25) is 0 Å². The zero-order valence-electron chi connectivity index (χ0n) is 11.3. The van der Waals surface area contributed by atoms with Crippen molar-refractivity contribution in [3.8, 4) is 0 Å². The number of nitrogens with zero attached hydrogens (tertiary/aromatic N) is 3. The molecule has 1 amide bonds. The van der Waals surface area contributed by atoms with Gasteiger partial charge in [0.2, 0.25) is 11.9 Å². The van der Waals surface area contributed by atoms with Crippen LogP contribution in [0.1, 0.15) is 25.7 Å². The van der Waals surface area contributed by atoms with E-state index in [9.17, 15) is 4.79 Å². The number of carbonyl (C=O) groups is 1. The zero-order chi connectivity index (χ0) is 13.5. The molecule has 0 saturated carbocycles. The van der Waals surface area contributed by atoms with Gasteiger partial charge in [0.1, 0.15) is 0 Å². The molecule has 6 heteroatoms. The highest BCUT2D eigenvalue weighted by Crippen LogP contribution is 2.16. The fourth-order valence-corrected chi connectivity index (χ4v) is 2.06. The number of aromatic nitrogens is 2. The van der Waals surface area contributed by atoms with Crippen LogP contribution in [0, 0.1) is 0 Å². The van der Waals surface area contributed by atoms with Gasteiger partial charge in [-0.1, -0.05) is 0 Å². The van der Waals surface area contributed by atoms with Crippen LogP contribution in [-0.4, -0.2) is 42.7 Å². The van der Waals surface area contributed by atoms with Crippen LogP contribution in [0.5, 0.6) is 0 Å². The smallest absolute Gasteiger partial charge is 0.226 e. The number of anilines is 2. The SMILES string of the molecule is COCCC(=O)Nc1cnc(N2CCCCC2)nc1. The van der Waals surface area contributed by atoms with Gasteiger partial charge in [-0.2, -0.15) is 0 Å². The van der Waals surface area contributed by atoms with Crippen molar-refractivity contribution in [2.45, 2.75) is 25.7 Å². The number of rotatable bonds is 5. The number of hydrogen-bond donors (Lipinski definition) is 1. The molecule has 104 valence electrons. The molecule has 0 unspecified atom stereocenters. The molecular formula is C13H20N4O2. The van der Waals surface area contributed by atoms with Crippen LogP contribution in [0.15, 0.2) is 12.4 Å². The molecule has 0 aromatic carbocycles. The van der Waals surface area contributed by atoms with Crippen molar-refractivity contribution in [2.24, 2.45) is 0 Å². The van der Waals surface area contributed by atoms with Gasteiger partial charge in [0.25, 0.3) is 0 Å². The fourth-order valence-electron chi connectivity index (χ4n) is 2.06. The summed E-state index contributed by atoms with van der Waals surface area (Å²) in [5, 5.41) is 2.74. The average Bonchev–Trinajstić information content (AvgIpc) is 2.47. The molecule has 1 aromatic rings. The minimum atomic E-state index is -0.0869. The highest BCUT2D eigenvalue weighted by molar-refractivity contribution is 5.90. The number of carbonyl (C=O) groups excluding carboxylic acids is 1. The van der Waals surface area contributed by atoms with Crippen LogP contribution in [0.3, 0.4) is 0 Å². The van der Waals surface area contributed by atoms with E-state index < -0.39 is 0 Å². The standard InChI is InChI=1S/C13H20N4O2/c1-19-8-5-12(18)16-11-9-14-13(15-10-11)17-6-3-2-4-7-17/h9-10H,2-8H2,1H3,(H,16,18). The van der Waals surface area contributed by atoms with Crippen molar-refractivity contribution < 1.29 is 9.53 Å². The Labute approximate surface area is 113 Å². The molecule has 2 rings (SSSR count). The number of hydrogen-bond acceptors (Lipinski definition) is 5. The summed E-state index contributed by atoms with van der Waals surface area (Å²) >= 11 is 0. The minimum Gasteiger partial charge on any atom is -0.384 e. The van der Waals surface area contributed by atoms with E-state index in [0.29, 0.717) is 18.7 Å². The summed E-state index contributed by atoms with van der Waals surface area (Å²) in [7, 11) is 1.57. The topological polar surface area (TPSA) is 67.3 Å². The van der Waals surface area contributed by atoms with Gasteiger partial charge in [-0.15, -0.1) is 0 Å². The normalized spacial score (nSPS) is 15.3. The first-order valence-electron chi connectivity index (χ1n) is 6.65. The molecule has 1 aliphatic rings. The van der Waals surface area contributed by atoms with E-state index >= 15 is 0 Å². The predicted molar refractivity (Wildman–Crippen MR) is 73.2 cm³/mol. The molecule has 1 aromatic heterocycles. The summed E-state index contributed by atoms with van der Waals surface area (Å²) in [4.78, 5) is 22.3. The number of ether oxygens (including phenoxy) is 1. The maximum absolute atomic E-state index is 11.5. The molecular weight excluding hydrogens is 244 g/mol. The number of methoxy groups -OCH3 is 1. The van der Waals surface area contributed by atoms with Crippen molar-refractivity contribution in [3.63, 3.8) is 0 Å². The van der Waals surface area contributed by atoms with Gasteiger partial charge in [0.15, 0.2) is 0 Å². The summed E-state index contributed by atoms with van der Waals surface area (Å²) < 4.78 is 4.85. The van der Waals surface area contributed by atoms with Crippen LogP contribution in [0.4, 0.5) is 11.6 Å². The first kappa shape index (κ1) is 13.7. The van der Waals surface area contributed by atoms with Crippen LogP contribution in [0.25, 0.3) is 0 Å². The van der Waals surface area contributed by atoms with E-state index in [-0.39, 0.29) is 5.91 Å². The molecule has 0 radical (unpaired) electrons. The lowest BCUT2D eigenvalue weighted by molar-refractivity contribution is -0.117. The summed E-state index contributed by atoms with van der Waals surface area (Å²) in [6.07, 6.45) is 7.32. The molecule has 1 fully saturated rings. The average molecular weight is 264 g/mol. The van der Waals surface area contributed by atoms with Gasteiger partial charge in [0, 0.05) is 20.2 Å². The Morgan fingerprint density at radius 3 is 2.63 bits per heavy atom. The van der Waals surface area contributed by atoms with E-state index in [1.54, 1.807) is 19.5 Å². The second-order valence-corrected chi connectivity index (χ2v) is 4.61. The van der Waals surface area contributed by atoms with Crippen molar-refractivity contribution >= 4 is 17.5 Å². The van der Waals surface area contributed by atoms with Gasteiger partial charge in [-0.3, -0.25) is 4.79 Å². The van der Waals surface area contributed by atoms with E-state index in [1.165, 1.54) is 19.3 Å². The second-order valence-electron chi connectivity index (χ2n) is 4.61. The van der Waals surface area contributed by atoms with E-state index in [4.69, 9.17) is 4.74 Å². The van der Waals surface area contributed by atoms with Gasteiger partial charge in [-0.25, -0.2) is 9.97 Å². The summed E-state index contributed by atoms with van der Waals surface area (Å²) in [6.45, 7) is 2.44. The number of nitrogens with one attached hydrogen (secondary N) is 1. The molecule has 0 spiro atoms. The van der Waals surface area contributed by atoms with Gasteiger partial charge >= 0.3 is 0 Å². The van der Waals surface area contributed by atoms with E-state index in [1.807, 2.05) is 0 Å². The zero-order valence-corrected chi connectivity index (χ0v) is 11.3. The maximum Gasteiger partial charge on any atom is 0.226 e. The fraction of sp³-hybridized carbons (Fsp3) is 0.615. The quantitative estimate of drug-likeness (QED) is 0.871. The van der Waals surface area contributed by atoms with Gasteiger partial charge in [-0.05, 0) is 19.3 Å². The van der Waals surface area contributed by atoms with Gasteiger partial charge < -0.3 is 15.0 Å². The number of piperidine rings is 1. The highest BCUT2D eigenvalue weighted by Gasteiger charge is 2.13. The third-order valence-corrected chi connectivity index (χ3v) is 3.09. The predicted octanol–water partition coefficient (Wildman–Crippen LogP) is 1.44. The Morgan fingerprint density at radius 1 is 1.32 bits per heavy atom. The van der Waals surface area contributed by atoms with Crippen LogP contribution >= 0.6 is 0 Å². The molecule has 0 atom stereocenters. The monoisotopic (exact) mass is 264 g/mol. The van der Waals surface area contributed by atoms with Gasteiger partial charge in [0.05, 0.1) is 31.1 Å². The molecule has 1 saturated heterocycles. The Bertz CT molecular complexity index is 402. The van der Waals surface area contributed by atoms with E-state index in [0.717, 1.165) is 19.0 Å². The molecule has 1 N–H and O–H groups in total. The summed E-state index contributed by atoms with van der Waals surface area (Å²) in [5.41, 5.74) is 0.627. The molecule has 1 aliphatic heterocycles. The third kappa shape index (κ3) is 4.17. The van der Waals surface area contributed by atoms with Crippen LogP contribution < -0.4 is 10.2 Å². The maximum atomic E-state index is 11.5. The van der Waals surface area contributed by atoms with Crippen molar-refractivity contribution in [3.05, 3.63) is 12.4 Å². The van der Waals surface area contributed by atoms with Crippen molar-refractivity contribution in [2.75, 3.05) is 37.0 Å². The lowest BCUT2D eigenvalue weighted by Gasteiger charge is -2.26. The lowest BCUT2D eigenvalue weighted by Crippen LogP contribution is -2.30. The first-order chi connectivity index (χ1) is 9.29. The van der Waals surface area contributed by atoms with Crippen molar-refractivity contribution in [1.29, 1.82) is 0 Å². The second kappa shape index (κ2) is 7.04. The molecule has 0 aliphatic carbocycles. The Morgan fingerprint density at radius 2 is 2.00 bits per heavy atom.